The van der Waals surface area contributed by atoms with Crippen molar-refractivity contribution in [3.63, 3.8) is 0 Å². The highest BCUT2D eigenvalue weighted by molar-refractivity contribution is 7.10. The molecule has 3 rings (SSSR count). The number of thiophene rings is 1. The lowest BCUT2D eigenvalue weighted by Gasteiger charge is -2.19. The topological polar surface area (TPSA) is 56.1 Å². The molecule has 1 unspecified atom stereocenters. The molecule has 2 aromatic rings. The molecule has 0 saturated carbocycles. The maximum atomic E-state index is 12.6. The van der Waals surface area contributed by atoms with Crippen molar-refractivity contribution >= 4 is 17.2 Å². The van der Waals surface area contributed by atoms with E-state index in [1.165, 1.54) is 4.88 Å². The third kappa shape index (κ3) is 3.08. The van der Waals surface area contributed by atoms with Crippen molar-refractivity contribution in [2.75, 3.05) is 6.61 Å². The van der Waals surface area contributed by atoms with E-state index in [-0.39, 0.29) is 24.0 Å². The maximum absolute atomic E-state index is 12.6. The molecule has 5 nitrogen and oxygen atoms in total. The van der Waals surface area contributed by atoms with E-state index < -0.39 is 0 Å². The number of aromatic nitrogens is 2. The molecular formula is C16H21N3O2S. The Bertz CT molecular complexity index is 623. The summed E-state index contributed by atoms with van der Waals surface area (Å²) in [6, 6.07) is 4.08. The molecule has 0 radical (unpaired) electrons. The van der Waals surface area contributed by atoms with Crippen LogP contribution in [-0.2, 0) is 16.1 Å². The Kier molecular flexibility index (Phi) is 4.59. The lowest BCUT2D eigenvalue weighted by molar-refractivity contribution is -0.127. The van der Waals surface area contributed by atoms with Gasteiger partial charge in [-0.2, -0.15) is 5.10 Å². The average Bonchev–Trinajstić information content (AvgIpc) is 3.25. The molecule has 0 aliphatic carbocycles. The number of rotatable bonds is 5. The fourth-order valence-electron chi connectivity index (χ4n) is 2.82. The molecule has 1 N–H and O–H groups in total. The van der Waals surface area contributed by atoms with Gasteiger partial charge in [-0.25, -0.2) is 0 Å². The molecule has 0 spiro atoms. The number of nitrogens with one attached hydrogen (secondary N) is 1. The number of aryl methyl sites for hydroxylation is 1. The largest absolute Gasteiger partial charge is 0.373 e. The van der Waals surface area contributed by atoms with Gasteiger partial charge in [-0.1, -0.05) is 6.07 Å². The highest BCUT2D eigenvalue weighted by Gasteiger charge is 2.36. The minimum absolute atomic E-state index is 0.0344. The van der Waals surface area contributed by atoms with Crippen LogP contribution in [0, 0.1) is 5.92 Å². The fourth-order valence-corrected chi connectivity index (χ4v) is 3.55. The first-order chi connectivity index (χ1) is 10.7. The summed E-state index contributed by atoms with van der Waals surface area (Å²) in [6.45, 7) is 5.50. The van der Waals surface area contributed by atoms with Crippen LogP contribution < -0.4 is 5.32 Å². The second-order valence-corrected chi connectivity index (χ2v) is 6.54. The fraction of sp³-hybridized carbons (Fsp3) is 0.500. The van der Waals surface area contributed by atoms with Crippen molar-refractivity contribution < 1.29 is 9.53 Å². The van der Waals surface area contributed by atoms with E-state index in [1.807, 2.05) is 48.4 Å². The van der Waals surface area contributed by atoms with Gasteiger partial charge in [0.1, 0.15) is 0 Å². The summed E-state index contributed by atoms with van der Waals surface area (Å²) in [6.07, 6.45) is 4.35. The Balaban J connectivity index is 1.68. The molecule has 22 heavy (non-hydrogen) atoms. The van der Waals surface area contributed by atoms with E-state index in [0.717, 1.165) is 18.5 Å². The predicted molar refractivity (Wildman–Crippen MR) is 85.6 cm³/mol. The van der Waals surface area contributed by atoms with E-state index in [0.29, 0.717) is 6.61 Å². The molecule has 118 valence electrons. The molecule has 1 saturated heterocycles. The second kappa shape index (κ2) is 6.62. The number of carbonyl (C=O) groups excluding carboxylic acids is 1. The van der Waals surface area contributed by atoms with E-state index >= 15 is 0 Å². The van der Waals surface area contributed by atoms with Gasteiger partial charge in [0.05, 0.1) is 24.3 Å². The Hall–Kier alpha value is -1.66. The van der Waals surface area contributed by atoms with Crippen LogP contribution in [0.1, 0.15) is 42.9 Å². The SMILES string of the molecule is CCn1cc([C@H]2OCC[C@@H]2C(=O)NC(C)c2cccs2)cn1. The molecule has 1 aliphatic rings. The van der Waals surface area contributed by atoms with Crippen molar-refractivity contribution in [3.05, 3.63) is 40.3 Å². The Labute approximate surface area is 134 Å². The first-order valence-corrected chi connectivity index (χ1v) is 8.54. The van der Waals surface area contributed by atoms with Crippen molar-refractivity contribution in [2.24, 2.45) is 5.92 Å². The van der Waals surface area contributed by atoms with E-state index in [9.17, 15) is 4.79 Å². The van der Waals surface area contributed by atoms with E-state index in [2.05, 4.69) is 10.4 Å². The summed E-state index contributed by atoms with van der Waals surface area (Å²) in [5.74, 6) is -0.0791. The molecule has 2 aromatic heterocycles. The highest BCUT2D eigenvalue weighted by Crippen LogP contribution is 2.35. The summed E-state index contributed by atoms with van der Waals surface area (Å²) < 4.78 is 7.65. The van der Waals surface area contributed by atoms with Gasteiger partial charge in [-0.15, -0.1) is 11.3 Å². The molecule has 1 fully saturated rings. The minimum atomic E-state index is -0.184. The third-order valence-electron chi connectivity index (χ3n) is 4.06. The monoisotopic (exact) mass is 319 g/mol. The van der Waals surface area contributed by atoms with E-state index in [4.69, 9.17) is 4.74 Å². The summed E-state index contributed by atoms with van der Waals surface area (Å²) >= 11 is 1.66. The van der Waals surface area contributed by atoms with E-state index in [1.54, 1.807) is 11.3 Å². The number of carbonyl (C=O) groups is 1. The number of amides is 1. The molecule has 6 heteroatoms. The average molecular weight is 319 g/mol. The third-order valence-corrected chi connectivity index (χ3v) is 5.12. The summed E-state index contributed by atoms with van der Waals surface area (Å²) in [7, 11) is 0. The zero-order valence-electron chi connectivity index (χ0n) is 12.9. The zero-order valence-corrected chi connectivity index (χ0v) is 13.7. The highest BCUT2D eigenvalue weighted by atomic mass is 32.1. The van der Waals surface area contributed by atoms with Crippen molar-refractivity contribution in [3.8, 4) is 0 Å². The van der Waals surface area contributed by atoms with Crippen molar-refractivity contribution in [1.29, 1.82) is 0 Å². The standard InChI is InChI=1S/C16H21N3O2S/c1-3-19-10-12(9-17-19)15-13(6-7-21-15)16(20)18-11(2)14-5-4-8-22-14/h4-5,8-11,13,15H,3,6-7H2,1-2H3,(H,18,20)/t11?,13-,15+/m0/s1. The van der Waals surface area contributed by atoms with Gasteiger partial charge in [0, 0.05) is 29.8 Å². The van der Waals surface area contributed by atoms with Crippen LogP contribution in [0.3, 0.4) is 0 Å². The molecule has 1 amide bonds. The molecule has 0 aromatic carbocycles. The second-order valence-electron chi connectivity index (χ2n) is 5.56. The lowest BCUT2D eigenvalue weighted by Crippen LogP contribution is -2.33. The molecule has 0 bridgehead atoms. The molecule has 1 aliphatic heterocycles. The zero-order chi connectivity index (χ0) is 15.5. The minimum Gasteiger partial charge on any atom is -0.373 e. The Morgan fingerprint density at radius 3 is 3.18 bits per heavy atom. The molecule has 3 heterocycles. The first kappa shape index (κ1) is 15.2. The number of hydrogen-bond donors (Lipinski definition) is 1. The van der Waals surface area contributed by atoms with Crippen LogP contribution in [-0.4, -0.2) is 22.3 Å². The van der Waals surface area contributed by atoms with Crippen LogP contribution >= 0.6 is 11.3 Å². The van der Waals surface area contributed by atoms with Gasteiger partial charge in [0.25, 0.3) is 0 Å². The van der Waals surface area contributed by atoms with Gasteiger partial charge < -0.3 is 10.1 Å². The number of nitrogens with zero attached hydrogens (tertiary/aromatic N) is 2. The van der Waals surface area contributed by atoms with Crippen LogP contribution in [0.4, 0.5) is 0 Å². The van der Waals surface area contributed by atoms with Crippen LogP contribution in [0.25, 0.3) is 0 Å². The Morgan fingerprint density at radius 1 is 1.64 bits per heavy atom. The van der Waals surface area contributed by atoms with Crippen molar-refractivity contribution in [2.45, 2.75) is 39.0 Å². The summed E-state index contributed by atoms with van der Waals surface area (Å²) in [5, 5.41) is 9.42. The van der Waals surface area contributed by atoms with Crippen LogP contribution in [0.2, 0.25) is 0 Å². The normalized spacial score (nSPS) is 22.6. The quantitative estimate of drug-likeness (QED) is 0.922. The van der Waals surface area contributed by atoms with Gasteiger partial charge in [-0.3, -0.25) is 9.48 Å². The first-order valence-electron chi connectivity index (χ1n) is 7.66. The molecular weight excluding hydrogens is 298 g/mol. The van der Waals surface area contributed by atoms with Crippen LogP contribution in [0.15, 0.2) is 29.9 Å². The lowest BCUT2D eigenvalue weighted by atomic mass is 9.96. The number of ether oxygens (including phenoxy) is 1. The maximum Gasteiger partial charge on any atom is 0.226 e. The van der Waals surface area contributed by atoms with Gasteiger partial charge in [0.2, 0.25) is 5.91 Å². The van der Waals surface area contributed by atoms with Gasteiger partial charge in [0.15, 0.2) is 0 Å². The van der Waals surface area contributed by atoms with Gasteiger partial charge in [-0.05, 0) is 31.7 Å². The van der Waals surface area contributed by atoms with Crippen molar-refractivity contribution in [1.82, 2.24) is 15.1 Å². The molecule has 3 atom stereocenters. The predicted octanol–water partition coefficient (Wildman–Crippen LogP) is 2.92. The smallest absolute Gasteiger partial charge is 0.226 e. The van der Waals surface area contributed by atoms with Crippen LogP contribution in [0.5, 0.6) is 0 Å². The van der Waals surface area contributed by atoms with Gasteiger partial charge >= 0.3 is 0 Å². The summed E-state index contributed by atoms with van der Waals surface area (Å²) in [4.78, 5) is 13.8. The number of hydrogen-bond acceptors (Lipinski definition) is 4. The Morgan fingerprint density at radius 2 is 2.50 bits per heavy atom. The summed E-state index contributed by atoms with van der Waals surface area (Å²) in [5.41, 5.74) is 0.989.